The molecule has 0 radical (unpaired) electrons. The van der Waals surface area contributed by atoms with Crippen molar-refractivity contribution in [3.8, 4) is 0 Å². The fraction of sp³-hybridized carbons (Fsp3) is 0.318. The zero-order valence-corrected chi connectivity index (χ0v) is 16.9. The quantitative estimate of drug-likeness (QED) is 0.757. The first-order chi connectivity index (χ1) is 14.2. The number of carbonyl (C=O) groups excluding carboxylic acids is 3. The summed E-state index contributed by atoms with van der Waals surface area (Å²) in [5.41, 5.74) is 2.78. The predicted octanol–water partition coefficient (Wildman–Crippen LogP) is 3.50. The number of anilines is 2. The Hall–Kier alpha value is -3.29. The van der Waals surface area contributed by atoms with Crippen LogP contribution in [0.2, 0.25) is 0 Å². The molecule has 1 aliphatic rings. The van der Waals surface area contributed by atoms with Gasteiger partial charge in [-0.3, -0.25) is 14.4 Å². The van der Waals surface area contributed by atoms with E-state index in [2.05, 4.69) is 5.32 Å². The van der Waals surface area contributed by atoms with Gasteiger partial charge in [-0.15, -0.1) is 0 Å². The second-order valence-electron chi connectivity index (χ2n) is 7.32. The highest BCUT2D eigenvalue weighted by Gasteiger charge is 2.37. The lowest BCUT2D eigenvalue weighted by Crippen LogP contribution is -2.33. The van der Waals surface area contributed by atoms with Crippen LogP contribution in [0, 0.1) is 31.4 Å². The van der Waals surface area contributed by atoms with E-state index in [-0.39, 0.29) is 24.6 Å². The molecule has 1 saturated heterocycles. The molecule has 0 unspecified atom stereocenters. The maximum absolute atomic E-state index is 13.3. The average molecular weight is 416 g/mol. The number of halogens is 2. The molecule has 2 atom stereocenters. The van der Waals surface area contributed by atoms with Gasteiger partial charge >= 0.3 is 5.97 Å². The van der Waals surface area contributed by atoms with Crippen LogP contribution in [0.15, 0.2) is 36.4 Å². The fourth-order valence-electron chi connectivity index (χ4n) is 3.27. The Labute approximate surface area is 172 Å². The second kappa shape index (κ2) is 8.61. The zero-order chi connectivity index (χ0) is 22.0. The Morgan fingerprint density at radius 1 is 1.17 bits per heavy atom. The summed E-state index contributed by atoms with van der Waals surface area (Å²) in [5, 5.41) is 2.36. The summed E-state index contributed by atoms with van der Waals surface area (Å²) < 4.78 is 31.5. The molecule has 1 N–H and O–H groups in total. The number of amides is 2. The first kappa shape index (κ1) is 21.4. The third-order valence-electron chi connectivity index (χ3n) is 5.17. The van der Waals surface area contributed by atoms with E-state index < -0.39 is 35.5 Å². The lowest BCUT2D eigenvalue weighted by atomic mass is 10.1. The van der Waals surface area contributed by atoms with Crippen LogP contribution in [0.1, 0.15) is 24.5 Å². The molecule has 1 fully saturated rings. The van der Waals surface area contributed by atoms with E-state index in [4.69, 9.17) is 4.74 Å². The molecule has 3 rings (SSSR count). The molecule has 1 aliphatic heterocycles. The van der Waals surface area contributed by atoms with Crippen molar-refractivity contribution < 1.29 is 27.9 Å². The Morgan fingerprint density at radius 3 is 2.60 bits per heavy atom. The normalized spacial score (nSPS) is 17.0. The second-order valence-corrected chi connectivity index (χ2v) is 7.32. The van der Waals surface area contributed by atoms with Crippen LogP contribution < -0.4 is 10.2 Å². The van der Waals surface area contributed by atoms with Gasteiger partial charge in [-0.05, 0) is 50.1 Å². The van der Waals surface area contributed by atoms with Crippen molar-refractivity contribution in [2.45, 2.75) is 33.3 Å². The molecular formula is C22H22F2N2O4. The van der Waals surface area contributed by atoms with Gasteiger partial charge in [-0.25, -0.2) is 8.78 Å². The number of ether oxygens (including phenoxy) is 1. The highest BCUT2D eigenvalue weighted by molar-refractivity contribution is 6.01. The van der Waals surface area contributed by atoms with Crippen LogP contribution in [0.25, 0.3) is 0 Å². The van der Waals surface area contributed by atoms with Crippen LogP contribution in [0.5, 0.6) is 0 Å². The van der Waals surface area contributed by atoms with Crippen molar-refractivity contribution in [3.05, 3.63) is 59.2 Å². The fourth-order valence-corrected chi connectivity index (χ4v) is 3.27. The molecule has 158 valence electrons. The summed E-state index contributed by atoms with van der Waals surface area (Å²) in [7, 11) is 0. The highest BCUT2D eigenvalue weighted by atomic mass is 19.2. The van der Waals surface area contributed by atoms with Crippen molar-refractivity contribution in [1.29, 1.82) is 0 Å². The summed E-state index contributed by atoms with van der Waals surface area (Å²) in [5.74, 6) is -4.38. The summed E-state index contributed by atoms with van der Waals surface area (Å²) >= 11 is 0. The molecule has 8 heteroatoms. The molecule has 0 aromatic heterocycles. The topological polar surface area (TPSA) is 75.7 Å². The highest BCUT2D eigenvalue weighted by Crippen LogP contribution is 2.30. The van der Waals surface area contributed by atoms with E-state index in [1.807, 2.05) is 32.0 Å². The maximum Gasteiger partial charge on any atom is 0.312 e. The van der Waals surface area contributed by atoms with E-state index in [9.17, 15) is 23.2 Å². The van der Waals surface area contributed by atoms with Gasteiger partial charge in [-0.2, -0.15) is 0 Å². The summed E-state index contributed by atoms with van der Waals surface area (Å²) in [6.07, 6.45) is -1.18. The molecular weight excluding hydrogens is 394 g/mol. The standard InChI is InChI=1S/C22H22F2N2O4/c1-12-5-4-6-19(13(12)2)26-11-15(9-20(26)27)22(29)30-14(3)21(28)25-16-7-8-17(23)18(24)10-16/h4-8,10,14-15H,9,11H2,1-3H3,(H,25,28)/t14-,15+/m0/s1. The summed E-state index contributed by atoms with van der Waals surface area (Å²) in [4.78, 5) is 38.7. The van der Waals surface area contributed by atoms with Gasteiger partial charge in [0.05, 0.1) is 5.92 Å². The number of aryl methyl sites for hydroxylation is 1. The maximum atomic E-state index is 13.3. The summed E-state index contributed by atoms with van der Waals surface area (Å²) in [6.45, 7) is 5.39. The number of nitrogens with zero attached hydrogens (tertiary/aromatic N) is 1. The number of carbonyl (C=O) groups is 3. The molecule has 6 nitrogen and oxygen atoms in total. The number of benzene rings is 2. The van der Waals surface area contributed by atoms with Crippen LogP contribution in [-0.2, 0) is 19.1 Å². The molecule has 2 aromatic carbocycles. The molecule has 0 aliphatic carbocycles. The van der Waals surface area contributed by atoms with Crippen molar-refractivity contribution in [3.63, 3.8) is 0 Å². The minimum absolute atomic E-state index is 0.0102. The molecule has 30 heavy (non-hydrogen) atoms. The lowest BCUT2D eigenvalue weighted by molar-refractivity contribution is -0.157. The van der Waals surface area contributed by atoms with Crippen LogP contribution in [0.3, 0.4) is 0 Å². The first-order valence-electron chi connectivity index (χ1n) is 9.50. The number of hydrogen-bond donors (Lipinski definition) is 1. The van der Waals surface area contributed by atoms with Gasteiger partial charge in [0.2, 0.25) is 5.91 Å². The molecule has 0 bridgehead atoms. The first-order valence-corrected chi connectivity index (χ1v) is 9.50. The van der Waals surface area contributed by atoms with E-state index in [1.165, 1.54) is 13.0 Å². The van der Waals surface area contributed by atoms with Crippen LogP contribution >= 0.6 is 0 Å². The number of hydrogen-bond acceptors (Lipinski definition) is 4. The minimum atomic E-state index is -1.17. The van der Waals surface area contributed by atoms with E-state index in [1.54, 1.807) is 4.90 Å². The predicted molar refractivity (Wildman–Crippen MR) is 107 cm³/mol. The Morgan fingerprint density at radius 2 is 1.90 bits per heavy atom. The molecule has 1 heterocycles. The number of nitrogens with one attached hydrogen (secondary N) is 1. The molecule has 0 saturated carbocycles. The van der Waals surface area contributed by atoms with E-state index in [0.717, 1.165) is 28.9 Å². The zero-order valence-electron chi connectivity index (χ0n) is 16.9. The van der Waals surface area contributed by atoms with Gasteiger partial charge < -0.3 is 15.0 Å². The molecule has 2 aromatic rings. The van der Waals surface area contributed by atoms with Gasteiger partial charge in [0.15, 0.2) is 17.7 Å². The minimum Gasteiger partial charge on any atom is -0.452 e. The smallest absolute Gasteiger partial charge is 0.312 e. The summed E-state index contributed by atoms with van der Waals surface area (Å²) in [6, 6.07) is 8.53. The number of rotatable bonds is 5. The third-order valence-corrected chi connectivity index (χ3v) is 5.17. The molecule has 2 amide bonds. The average Bonchev–Trinajstić information content (AvgIpc) is 3.08. The molecule has 0 spiro atoms. The van der Waals surface area contributed by atoms with Crippen molar-refractivity contribution in [2.24, 2.45) is 5.92 Å². The van der Waals surface area contributed by atoms with Crippen molar-refractivity contribution in [1.82, 2.24) is 0 Å². The Bertz CT molecular complexity index is 1010. The van der Waals surface area contributed by atoms with Gasteiger partial charge in [0.25, 0.3) is 5.91 Å². The van der Waals surface area contributed by atoms with Gasteiger partial charge in [0, 0.05) is 30.4 Å². The van der Waals surface area contributed by atoms with E-state index >= 15 is 0 Å². The van der Waals surface area contributed by atoms with Crippen LogP contribution in [0.4, 0.5) is 20.2 Å². The van der Waals surface area contributed by atoms with Crippen molar-refractivity contribution >= 4 is 29.2 Å². The Kier molecular flexibility index (Phi) is 6.14. The van der Waals surface area contributed by atoms with E-state index in [0.29, 0.717) is 0 Å². The number of esters is 1. The van der Waals surface area contributed by atoms with Gasteiger partial charge in [-0.1, -0.05) is 12.1 Å². The van der Waals surface area contributed by atoms with Crippen LogP contribution in [-0.4, -0.2) is 30.4 Å². The lowest BCUT2D eigenvalue weighted by Gasteiger charge is -2.20. The largest absolute Gasteiger partial charge is 0.452 e. The third kappa shape index (κ3) is 4.48. The SMILES string of the molecule is Cc1cccc(N2C[C@H](C(=O)O[C@@H](C)C(=O)Nc3ccc(F)c(F)c3)CC2=O)c1C. The Balaban J connectivity index is 1.61. The van der Waals surface area contributed by atoms with Crippen molar-refractivity contribution in [2.75, 3.05) is 16.8 Å². The monoisotopic (exact) mass is 416 g/mol. The van der Waals surface area contributed by atoms with Gasteiger partial charge in [0.1, 0.15) is 0 Å².